The highest BCUT2D eigenvalue weighted by molar-refractivity contribution is 6.30. The molecule has 0 saturated carbocycles. The van der Waals surface area contributed by atoms with E-state index in [2.05, 4.69) is 32.2 Å². The Kier molecular flexibility index (Phi) is 4.89. The summed E-state index contributed by atoms with van der Waals surface area (Å²) < 4.78 is 5.57. The maximum Gasteiger partial charge on any atom is 0.199 e. The molecule has 0 amide bonds. The third-order valence-electron chi connectivity index (χ3n) is 4.01. The molecule has 0 bridgehead atoms. The standard InChI is InChI=1S/C16H22ClNO/c1-4-12(5-2)11(3)18-10-14-13-8-6-7-9-15(13)19-16(14)17/h6-9,11-12,18H,4-5,10H2,1-3H3. The number of furan rings is 1. The summed E-state index contributed by atoms with van der Waals surface area (Å²) in [5.74, 6) is 0.706. The molecule has 1 unspecified atom stereocenters. The number of fused-ring (bicyclic) bond motifs is 1. The summed E-state index contributed by atoms with van der Waals surface area (Å²) in [4.78, 5) is 0. The summed E-state index contributed by atoms with van der Waals surface area (Å²) in [7, 11) is 0. The van der Waals surface area contributed by atoms with Crippen molar-refractivity contribution in [1.29, 1.82) is 0 Å². The highest BCUT2D eigenvalue weighted by atomic mass is 35.5. The molecule has 3 heteroatoms. The molecule has 0 spiro atoms. The van der Waals surface area contributed by atoms with Gasteiger partial charge in [0.25, 0.3) is 0 Å². The van der Waals surface area contributed by atoms with Gasteiger partial charge in [0.15, 0.2) is 5.22 Å². The zero-order chi connectivity index (χ0) is 13.8. The first-order chi connectivity index (χ1) is 9.17. The third-order valence-corrected chi connectivity index (χ3v) is 4.31. The molecule has 1 heterocycles. The average Bonchev–Trinajstić information content (AvgIpc) is 2.73. The molecule has 1 aromatic carbocycles. The first-order valence-electron chi connectivity index (χ1n) is 7.06. The Morgan fingerprint density at radius 3 is 2.58 bits per heavy atom. The summed E-state index contributed by atoms with van der Waals surface area (Å²) in [5.41, 5.74) is 1.93. The van der Waals surface area contributed by atoms with Gasteiger partial charge >= 0.3 is 0 Å². The number of rotatable bonds is 6. The van der Waals surface area contributed by atoms with E-state index in [0.717, 1.165) is 23.1 Å². The van der Waals surface area contributed by atoms with Gasteiger partial charge in [0, 0.05) is 23.5 Å². The fourth-order valence-corrected chi connectivity index (χ4v) is 2.91. The van der Waals surface area contributed by atoms with E-state index >= 15 is 0 Å². The molecule has 2 nitrogen and oxygen atoms in total. The Bertz CT molecular complexity index is 531. The van der Waals surface area contributed by atoms with E-state index in [1.54, 1.807) is 0 Å². The Balaban J connectivity index is 2.11. The predicted octanol–water partition coefficient (Wildman–Crippen LogP) is 5.00. The van der Waals surface area contributed by atoms with Crippen molar-refractivity contribution in [3.05, 3.63) is 35.0 Å². The SMILES string of the molecule is CCC(CC)C(C)NCc1c(Cl)oc2ccccc12. The first-order valence-corrected chi connectivity index (χ1v) is 7.44. The molecule has 0 aliphatic heterocycles. The van der Waals surface area contributed by atoms with Crippen LogP contribution in [0.5, 0.6) is 0 Å². The van der Waals surface area contributed by atoms with Crippen LogP contribution >= 0.6 is 11.6 Å². The van der Waals surface area contributed by atoms with E-state index in [4.69, 9.17) is 16.0 Å². The monoisotopic (exact) mass is 279 g/mol. The van der Waals surface area contributed by atoms with Crippen molar-refractivity contribution in [3.63, 3.8) is 0 Å². The van der Waals surface area contributed by atoms with Crippen molar-refractivity contribution in [3.8, 4) is 0 Å². The summed E-state index contributed by atoms with van der Waals surface area (Å²) in [6.07, 6.45) is 2.40. The lowest BCUT2D eigenvalue weighted by Crippen LogP contribution is -2.32. The van der Waals surface area contributed by atoms with Crippen LogP contribution in [-0.4, -0.2) is 6.04 Å². The number of halogens is 1. The summed E-state index contributed by atoms with van der Waals surface area (Å²) in [5, 5.41) is 5.19. The minimum atomic E-state index is 0.486. The van der Waals surface area contributed by atoms with Crippen LogP contribution in [0.25, 0.3) is 11.0 Å². The van der Waals surface area contributed by atoms with Gasteiger partial charge in [-0.15, -0.1) is 0 Å². The van der Waals surface area contributed by atoms with E-state index < -0.39 is 0 Å². The van der Waals surface area contributed by atoms with Gasteiger partial charge < -0.3 is 9.73 Å². The lowest BCUT2D eigenvalue weighted by Gasteiger charge is -2.22. The molecule has 0 aliphatic rings. The summed E-state index contributed by atoms with van der Waals surface area (Å²) in [6.45, 7) is 7.49. The molecule has 1 aromatic heterocycles. The highest BCUT2D eigenvalue weighted by Crippen LogP contribution is 2.29. The second-order valence-electron chi connectivity index (χ2n) is 5.10. The fourth-order valence-electron chi connectivity index (χ4n) is 2.66. The van der Waals surface area contributed by atoms with Gasteiger partial charge in [0.2, 0.25) is 0 Å². The second-order valence-corrected chi connectivity index (χ2v) is 5.44. The molecular weight excluding hydrogens is 258 g/mol. The molecule has 0 fully saturated rings. The van der Waals surface area contributed by atoms with Crippen LogP contribution in [0.3, 0.4) is 0 Å². The number of para-hydroxylation sites is 1. The van der Waals surface area contributed by atoms with Gasteiger partial charge in [0.1, 0.15) is 5.58 Å². The van der Waals surface area contributed by atoms with Crippen LogP contribution in [0, 0.1) is 5.92 Å². The smallest absolute Gasteiger partial charge is 0.199 e. The molecule has 19 heavy (non-hydrogen) atoms. The molecule has 0 saturated heterocycles. The highest BCUT2D eigenvalue weighted by Gasteiger charge is 2.16. The van der Waals surface area contributed by atoms with Crippen LogP contribution < -0.4 is 5.32 Å². The fraction of sp³-hybridized carbons (Fsp3) is 0.500. The third kappa shape index (κ3) is 3.13. The second kappa shape index (κ2) is 6.44. The largest absolute Gasteiger partial charge is 0.444 e. The number of nitrogens with one attached hydrogen (secondary N) is 1. The predicted molar refractivity (Wildman–Crippen MR) is 81.6 cm³/mol. The van der Waals surface area contributed by atoms with Crippen molar-refractivity contribution in [2.24, 2.45) is 5.92 Å². The van der Waals surface area contributed by atoms with Gasteiger partial charge in [-0.3, -0.25) is 0 Å². The average molecular weight is 280 g/mol. The molecule has 0 radical (unpaired) electrons. The summed E-state index contributed by atoms with van der Waals surface area (Å²) >= 11 is 6.19. The van der Waals surface area contributed by atoms with Crippen LogP contribution in [0.4, 0.5) is 0 Å². The number of hydrogen-bond donors (Lipinski definition) is 1. The Hall–Kier alpha value is -0.990. The molecule has 2 rings (SSSR count). The minimum absolute atomic E-state index is 0.486. The Morgan fingerprint density at radius 1 is 1.21 bits per heavy atom. The molecule has 2 aromatic rings. The van der Waals surface area contributed by atoms with Crippen molar-refractivity contribution in [1.82, 2.24) is 5.32 Å². The van der Waals surface area contributed by atoms with E-state index in [9.17, 15) is 0 Å². The summed E-state index contributed by atoms with van der Waals surface area (Å²) in [6, 6.07) is 8.48. The maximum atomic E-state index is 6.19. The van der Waals surface area contributed by atoms with Crippen LogP contribution in [-0.2, 0) is 6.54 Å². The molecule has 1 N–H and O–H groups in total. The molecular formula is C16H22ClNO. The number of hydrogen-bond acceptors (Lipinski definition) is 2. The molecule has 0 aliphatic carbocycles. The zero-order valence-corrected chi connectivity index (χ0v) is 12.6. The quantitative estimate of drug-likeness (QED) is 0.805. The molecule has 1 atom stereocenters. The van der Waals surface area contributed by atoms with Gasteiger partial charge in [-0.05, 0) is 30.5 Å². The van der Waals surface area contributed by atoms with Gasteiger partial charge in [0.05, 0.1) is 0 Å². The van der Waals surface area contributed by atoms with Crippen molar-refractivity contribution in [2.45, 2.75) is 46.2 Å². The van der Waals surface area contributed by atoms with E-state index in [1.807, 2.05) is 18.2 Å². The molecule has 104 valence electrons. The zero-order valence-electron chi connectivity index (χ0n) is 11.9. The topological polar surface area (TPSA) is 25.2 Å². The van der Waals surface area contributed by atoms with Crippen LogP contribution in [0.1, 0.15) is 39.2 Å². The van der Waals surface area contributed by atoms with Crippen molar-refractivity contribution < 1.29 is 4.42 Å². The van der Waals surface area contributed by atoms with Gasteiger partial charge in [-0.1, -0.05) is 44.9 Å². The lowest BCUT2D eigenvalue weighted by molar-refractivity contribution is 0.353. The Morgan fingerprint density at radius 2 is 1.89 bits per heavy atom. The van der Waals surface area contributed by atoms with Crippen LogP contribution in [0.15, 0.2) is 28.7 Å². The normalized spacial score (nSPS) is 13.3. The van der Waals surface area contributed by atoms with Crippen molar-refractivity contribution in [2.75, 3.05) is 0 Å². The maximum absolute atomic E-state index is 6.19. The van der Waals surface area contributed by atoms with E-state index in [1.165, 1.54) is 12.8 Å². The van der Waals surface area contributed by atoms with Gasteiger partial charge in [-0.2, -0.15) is 0 Å². The van der Waals surface area contributed by atoms with E-state index in [-0.39, 0.29) is 0 Å². The first kappa shape index (κ1) is 14.4. The lowest BCUT2D eigenvalue weighted by atomic mass is 9.95. The minimum Gasteiger partial charge on any atom is -0.444 e. The van der Waals surface area contributed by atoms with E-state index in [0.29, 0.717) is 17.2 Å². The Labute approximate surface area is 120 Å². The van der Waals surface area contributed by atoms with Gasteiger partial charge in [-0.25, -0.2) is 0 Å². The van der Waals surface area contributed by atoms with Crippen LogP contribution in [0.2, 0.25) is 5.22 Å². The van der Waals surface area contributed by atoms with Crippen molar-refractivity contribution >= 4 is 22.6 Å². The number of benzene rings is 1.